The minimum Gasteiger partial charge on any atom is -0.404 e. The third-order valence-electron chi connectivity index (χ3n) is 2.58. The Kier molecular flexibility index (Phi) is 7.31. The molecule has 10 heteroatoms. The quantitative estimate of drug-likeness (QED) is 0.681. The van der Waals surface area contributed by atoms with Crippen molar-refractivity contribution >= 4 is 7.82 Å². The molecule has 23 heavy (non-hydrogen) atoms. The fraction of sp³-hybridized carbons (Fsp3) is 0.385. The number of phosphoric acid groups is 1. The van der Waals surface area contributed by atoms with Gasteiger partial charge in [0.2, 0.25) is 0 Å². The van der Waals surface area contributed by atoms with Crippen molar-refractivity contribution in [2.24, 2.45) is 5.73 Å². The van der Waals surface area contributed by atoms with E-state index in [2.05, 4.69) is 14.8 Å². The van der Waals surface area contributed by atoms with Crippen LogP contribution in [0, 0.1) is 0 Å². The van der Waals surface area contributed by atoms with Crippen LogP contribution in [0.25, 0.3) is 0 Å². The molecule has 0 bridgehead atoms. The van der Waals surface area contributed by atoms with Crippen molar-refractivity contribution in [3.63, 3.8) is 0 Å². The molecule has 0 amide bonds. The van der Waals surface area contributed by atoms with Gasteiger partial charge in [-0.3, -0.25) is 14.5 Å². The fourth-order valence-corrected chi connectivity index (χ4v) is 2.15. The lowest BCUT2D eigenvalue weighted by Gasteiger charge is -2.13. The molecule has 1 heterocycles. The summed E-state index contributed by atoms with van der Waals surface area (Å²) in [4.78, 5) is 17.7. The standard InChI is InChI=1S/C11H14FN4O4P.C2H6/c12-11(9-7-16(6-5-13)15-14-9)8-3-1-2-4-10(8)20-21(17,18)19;1-2/h1-4,7,11H,5-6,13H2,(H2,17,18,19);1-2H3. The number of alkyl halides is 1. The molecule has 2 rings (SSSR count). The highest BCUT2D eigenvalue weighted by molar-refractivity contribution is 7.46. The lowest BCUT2D eigenvalue weighted by Crippen LogP contribution is -2.10. The first-order valence-corrected chi connectivity index (χ1v) is 8.52. The third-order valence-corrected chi connectivity index (χ3v) is 3.02. The molecule has 4 N–H and O–H groups in total. The van der Waals surface area contributed by atoms with E-state index in [1.165, 1.54) is 35.1 Å². The van der Waals surface area contributed by atoms with Gasteiger partial charge in [0.25, 0.3) is 0 Å². The molecule has 1 aromatic carbocycles. The van der Waals surface area contributed by atoms with Gasteiger partial charge in [-0.2, -0.15) is 0 Å². The van der Waals surface area contributed by atoms with Gasteiger partial charge in [-0.15, -0.1) is 5.10 Å². The molecule has 2 aromatic rings. The highest BCUT2D eigenvalue weighted by Gasteiger charge is 2.24. The first-order valence-electron chi connectivity index (χ1n) is 6.99. The van der Waals surface area contributed by atoms with Crippen molar-refractivity contribution in [2.75, 3.05) is 6.54 Å². The minimum absolute atomic E-state index is 0.00483. The minimum atomic E-state index is -4.78. The van der Waals surface area contributed by atoms with Gasteiger partial charge in [-0.05, 0) is 6.07 Å². The number of hydrogen-bond donors (Lipinski definition) is 3. The predicted molar refractivity (Wildman–Crippen MR) is 82.5 cm³/mol. The first kappa shape index (κ1) is 19.2. The van der Waals surface area contributed by atoms with Crippen molar-refractivity contribution in [1.29, 1.82) is 0 Å². The molecule has 0 spiro atoms. The summed E-state index contributed by atoms with van der Waals surface area (Å²) in [5, 5.41) is 7.39. The number of para-hydroxylation sites is 1. The van der Waals surface area contributed by atoms with Gasteiger partial charge in [-0.1, -0.05) is 37.3 Å². The molecule has 0 saturated heterocycles. The van der Waals surface area contributed by atoms with Gasteiger partial charge in [0, 0.05) is 12.1 Å². The summed E-state index contributed by atoms with van der Waals surface area (Å²) in [6, 6.07) is 5.63. The van der Waals surface area contributed by atoms with Crippen LogP contribution < -0.4 is 10.3 Å². The zero-order valence-corrected chi connectivity index (χ0v) is 13.7. The summed E-state index contributed by atoms with van der Waals surface area (Å²) >= 11 is 0. The molecule has 0 saturated carbocycles. The Morgan fingerprint density at radius 2 is 2.04 bits per heavy atom. The zero-order valence-electron chi connectivity index (χ0n) is 12.8. The first-order chi connectivity index (χ1) is 10.9. The molecule has 1 unspecified atom stereocenters. The normalized spacial score (nSPS) is 12.3. The van der Waals surface area contributed by atoms with Crippen LogP contribution in [0.2, 0.25) is 0 Å². The highest BCUT2D eigenvalue weighted by atomic mass is 31.2. The van der Waals surface area contributed by atoms with Crippen LogP contribution in [-0.4, -0.2) is 31.3 Å². The van der Waals surface area contributed by atoms with Crippen LogP contribution in [0.5, 0.6) is 5.75 Å². The molecular formula is C13H20FN4O4P. The number of benzene rings is 1. The van der Waals surface area contributed by atoms with E-state index in [4.69, 9.17) is 15.5 Å². The Morgan fingerprint density at radius 3 is 2.65 bits per heavy atom. The van der Waals surface area contributed by atoms with Gasteiger partial charge >= 0.3 is 7.82 Å². The van der Waals surface area contributed by atoms with E-state index in [9.17, 15) is 8.96 Å². The van der Waals surface area contributed by atoms with E-state index in [0.717, 1.165) is 0 Å². The molecule has 0 aliphatic carbocycles. The van der Waals surface area contributed by atoms with E-state index >= 15 is 0 Å². The van der Waals surface area contributed by atoms with Crippen molar-refractivity contribution in [1.82, 2.24) is 15.0 Å². The van der Waals surface area contributed by atoms with Crippen LogP contribution in [0.3, 0.4) is 0 Å². The van der Waals surface area contributed by atoms with E-state index in [-0.39, 0.29) is 17.0 Å². The van der Waals surface area contributed by atoms with Crippen molar-refractivity contribution in [3.05, 3.63) is 41.7 Å². The Morgan fingerprint density at radius 1 is 1.39 bits per heavy atom. The van der Waals surface area contributed by atoms with Crippen LogP contribution in [-0.2, 0) is 11.1 Å². The highest BCUT2D eigenvalue weighted by Crippen LogP contribution is 2.42. The number of rotatable bonds is 6. The second kappa shape index (κ2) is 8.73. The van der Waals surface area contributed by atoms with Gasteiger partial charge < -0.3 is 10.3 Å². The monoisotopic (exact) mass is 346 g/mol. The maximum atomic E-state index is 14.5. The second-order valence-corrected chi connectivity index (χ2v) is 5.34. The summed E-state index contributed by atoms with van der Waals surface area (Å²) < 4.78 is 31.2. The van der Waals surface area contributed by atoms with Crippen LogP contribution >= 0.6 is 7.82 Å². The number of nitrogens with two attached hydrogens (primary N) is 1. The summed E-state index contributed by atoms with van der Waals surface area (Å²) in [6.07, 6.45) is -0.342. The lowest BCUT2D eigenvalue weighted by molar-refractivity contribution is 0.279. The van der Waals surface area contributed by atoms with Gasteiger partial charge in [0.1, 0.15) is 11.4 Å². The summed E-state index contributed by atoms with van der Waals surface area (Å²) in [6.45, 7) is 4.72. The van der Waals surface area contributed by atoms with Gasteiger partial charge in [-0.25, -0.2) is 8.96 Å². The molecule has 128 valence electrons. The third kappa shape index (κ3) is 5.72. The van der Waals surface area contributed by atoms with E-state index in [1.807, 2.05) is 13.8 Å². The summed E-state index contributed by atoms with van der Waals surface area (Å²) in [5.41, 5.74) is 5.33. The Hall–Kier alpha value is -1.80. The average molecular weight is 346 g/mol. The molecule has 0 aliphatic rings. The number of nitrogens with zero attached hydrogens (tertiary/aromatic N) is 3. The van der Waals surface area contributed by atoms with Crippen LogP contribution in [0.15, 0.2) is 30.5 Å². The maximum absolute atomic E-state index is 14.5. The Balaban J connectivity index is 0.00000127. The summed E-state index contributed by atoms with van der Waals surface area (Å²) in [7, 11) is -4.78. The number of hydrogen-bond acceptors (Lipinski definition) is 5. The van der Waals surface area contributed by atoms with Gasteiger partial charge in [0.15, 0.2) is 6.17 Å². The van der Waals surface area contributed by atoms with Crippen molar-refractivity contribution in [2.45, 2.75) is 26.6 Å². The fourth-order valence-electron chi connectivity index (χ4n) is 1.73. The van der Waals surface area contributed by atoms with Crippen LogP contribution in [0.1, 0.15) is 31.3 Å². The van der Waals surface area contributed by atoms with E-state index in [0.29, 0.717) is 13.1 Å². The predicted octanol–water partition coefficient (Wildman–Crippen LogP) is 1.79. The largest absolute Gasteiger partial charge is 0.524 e. The SMILES string of the molecule is CC.NCCn1cc(C(F)c2ccccc2OP(=O)(O)O)nn1. The average Bonchev–Trinajstić information content (AvgIpc) is 2.97. The molecule has 0 aliphatic heterocycles. The maximum Gasteiger partial charge on any atom is 0.524 e. The second-order valence-electron chi connectivity index (χ2n) is 4.18. The molecule has 8 nitrogen and oxygen atoms in total. The molecule has 1 atom stereocenters. The van der Waals surface area contributed by atoms with Crippen molar-refractivity contribution in [3.8, 4) is 5.75 Å². The van der Waals surface area contributed by atoms with Gasteiger partial charge in [0.05, 0.1) is 12.7 Å². The smallest absolute Gasteiger partial charge is 0.404 e. The number of aromatic nitrogens is 3. The molecular weight excluding hydrogens is 326 g/mol. The van der Waals surface area contributed by atoms with Crippen LogP contribution in [0.4, 0.5) is 4.39 Å². The molecule has 0 fully saturated rings. The van der Waals surface area contributed by atoms with Crippen molar-refractivity contribution < 1.29 is 23.3 Å². The summed E-state index contributed by atoms with van der Waals surface area (Å²) in [5.74, 6) is -0.244. The van der Waals surface area contributed by atoms with E-state index in [1.54, 1.807) is 0 Å². The zero-order chi connectivity index (χ0) is 17.5. The molecule has 0 radical (unpaired) electrons. The molecule has 1 aromatic heterocycles. The number of halogens is 1. The topological polar surface area (TPSA) is 123 Å². The number of phosphoric ester groups is 1. The van der Waals surface area contributed by atoms with E-state index < -0.39 is 14.0 Å². The Bertz CT molecular complexity index is 661. The Labute approximate surface area is 133 Å². The lowest BCUT2D eigenvalue weighted by atomic mass is 10.1.